The predicted octanol–water partition coefficient (Wildman–Crippen LogP) is 0.0586. The van der Waals surface area contributed by atoms with Crippen LogP contribution in [0.15, 0.2) is 18.6 Å². The van der Waals surface area contributed by atoms with Crippen molar-refractivity contribution in [3.8, 4) is 0 Å². The summed E-state index contributed by atoms with van der Waals surface area (Å²) in [6, 6.07) is 0. The van der Waals surface area contributed by atoms with Gasteiger partial charge in [-0.15, -0.1) is 5.10 Å². The largest absolute Gasteiger partial charge is 0.354 e. The van der Waals surface area contributed by atoms with Gasteiger partial charge in [-0.2, -0.15) is 5.10 Å². The van der Waals surface area contributed by atoms with E-state index in [4.69, 9.17) is 0 Å². The van der Waals surface area contributed by atoms with Crippen LogP contribution in [0.3, 0.4) is 0 Å². The van der Waals surface area contributed by atoms with Crippen molar-refractivity contribution in [1.82, 2.24) is 30.5 Å². The van der Waals surface area contributed by atoms with Crippen LogP contribution in [-0.2, 0) is 17.8 Å². The van der Waals surface area contributed by atoms with Crippen LogP contribution < -0.4 is 5.32 Å². The smallest absolute Gasteiger partial charge is 0.241 e. The summed E-state index contributed by atoms with van der Waals surface area (Å²) in [5, 5.41) is 17.1. The van der Waals surface area contributed by atoms with E-state index < -0.39 is 0 Å². The van der Waals surface area contributed by atoms with E-state index in [2.05, 4.69) is 25.8 Å². The zero-order valence-corrected chi connectivity index (χ0v) is 10.3. The summed E-state index contributed by atoms with van der Waals surface area (Å²) in [6.07, 6.45) is 6.84. The maximum atomic E-state index is 11.5. The van der Waals surface area contributed by atoms with E-state index in [9.17, 15) is 4.79 Å². The molecule has 2 N–H and O–H groups in total. The summed E-state index contributed by atoms with van der Waals surface area (Å²) < 4.78 is 1.50. The highest BCUT2D eigenvalue weighted by Crippen LogP contribution is 2.04. The topological polar surface area (TPSA) is 88.5 Å². The van der Waals surface area contributed by atoms with Crippen molar-refractivity contribution in [1.29, 1.82) is 0 Å². The van der Waals surface area contributed by atoms with E-state index in [0.717, 1.165) is 18.5 Å². The summed E-state index contributed by atoms with van der Waals surface area (Å²) >= 11 is 0. The number of carbonyl (C=O) groups is 1. The van der Waals surface area contributed by atoms with Crippen molar-refractivity contribution in [2.24, 2.45) is 0 Å². The molecule has 0 saturated heterocycles. The molecule has 96 valence electrons. The molecule has 0 bridgehead atoms. The Bertz CT molecular complexity index is 489. The second-order valence-electron chi connectivity index (χ2n) is 4.07. The van der Waals surface area contributed by atoms with Crippen molar-refractivity contribution < 1.29 is 4.79 Å². The van der Waals surface area contributed by atoms with Gasteiger partial charge in [-0.05, 0) is 25.3 Å². The van der Waals surface area contributed by atoms with E-state index in [-0.39, 0.29) is 12.5 Å². The van der Waals surface area contributed by atoms with Gasteiger partial charge >= 0.3 is 0 Å². The maximum absolute atomic E-state index is 11.5. The summed E-state index contributed by atoms with van der Waals surface area (Å²) in [5.74, 6) is -0.0515. The van der Waals surface area contributed by atoms with E-state index in [1.807, 2.05) is 13.1 Å². The molecule has 0 saturated carbocycles. The van der Waals surface area contributed by atoms with Gasteiger partial charge in [0.1, 0.15) is 6.54 Å². The summed E-state index contributed by atoms with van der Waals surface area (Å²) in [6.45, 7) is 2.86. The molecule has 0 fully saturated rings. The van der Waals surface area contributed by atoms with Gasteiger partial charge < -0.3 is 5.32 Å². The third-order valence-electron chi connectivity index (χ3n) is 2.66. The average Bonchev–Trinajstić information content (AvgIpc) is 2.97. The zero-order chi connectivity index (χ0) is 12.8. The molecule has 2 rings (SSSR count). The fourth-order valence-electron chi connectivity index (χ4n) is 1.65. The van der Waals surface area contributed by atoms with Gasteiger partial charge in [0.05, 0.1) is 12.4 Å². The van der Waals surface area contributed by atoms with Crippen LogP contribution in [0, 0.1) is 6.92 Å². The number of rotatable bonds is 6. The van der Waals surface area contributed by atoms with Gasteiger partial charge in [-0.3, -0.25) is 9.89 Å². The number of amides is 1. The number of H-pyrrole nitrogens is 1. The Balaban J connectivity index is 1.63. The Morgan fingerprint density at radius 1 is 1.56 bits per heavy atom. The molecule has 0 aromatic carbocycles. The maximum Gasteiger partial charge on any atom is 0.241 e. The highest BCUT2D eigenvalue weighted by molar-refractivity contribution is 5.75. The summed E-state index contributed by atoms with van der Waals surface area (Å²) in [5.41, 5.74) is 2.28. The SMILES string of the molecule is Cc1[nH]ncc1CCCNC(=O)Cn1ccnn1. The van der Waals surface area contributed by atoms with Crippen molar-refractivity contribution in [2.75, 3.05) is 6.54 Å². The Morgan fingerprint density at radius 2 is 2.44 bits per heavy atom. The standard InChI is InChI=1S/C11H16N6O/c1-9-10(7-14-15-9)3-2-4-12-11(18)8-17-6-5-13-16-17/h5-7H,2-4,8H2,1H3,(H,12,18)(H,14,15). The van der Waals surface area contributed by atoms with Crippen molar-refractivity contribution in [2.45, 2.75) is 26.3 Å². The molecule has 2 heterocycles. The highest BCUT2D eigenvalue weighted by atomic mass is 16.2. The minimum absolute atomic E-state index is 0.0515. The predicted molar refractivity (Wildman–Crippen MR) is 64.7 cm³/mol. The van der Waals surface area contributed by atoms with E-state index in [1.165, 1.54) is 10.2 Å². The van der Waals surface area contributed by atoms with Crippen LogP contribution in [0.2, 0.25) is 0 Å². The second-order valence-corrected chi connectivity index (χ2v) is 4.07. The summed E-state index contributed by atoms with van der Waals surface area (Å²) in [4.78, 5) is 11.5. The number of aryl methyl sites for hydroxylation is 2. The lowest BCUT2D eigenvalue weighted by Crippen LogP contribution is -2.28. The monoisotopic (exact) mass is 248 g/mol. The van der Waals surface area contributed by atoms with E-state index in [0.29, 0.717) is 6.54 Å². The average molecular weight is 248 g/mol. The number of aromatic amines is 1. The van der Waals surface area contributed by atoms with Crippen molar-refractivity contribution in [3.05, 3.63) is 29.8 Å². The first-order valence-corrected chi connectivity index (χ1v) is 5.85. The van der Waals surface area contributed by atoms with Crippen LogP contribution in [0.4, 0.5) is 0 Å². The minimum Gasteiger partial charge on any atom is -0.354 e. The van der Waals surface area contributed by atoms with Crippen LogP contribution in [0.5, 0.6) is 0 Å². The number of aromatic nitrogens is 5. The normalized spacial score (nSPS) is 10.5. The van der Waals surface area contributed by atoms with Crippen LogP contribution in [-0.4, -0.2) is 37.6 Å². The molecule has 0 aliphatic heterocycles. The number of carbonyl (C=O) groups excluding carboxylic acids is 1. The molecule has 0 aliphatic rings. The minimum atomic E-state index is -0.0515. The van der Waals surface area contributed by atoms with E-state index >= 15 is 0 Å². The van der Waals surface area contributed by atoms with Crippen LogP contribution >= 0.6 is 0 Å². The molecular formula is C11H16N6O. The van der Waals surface area contributed by atoms with Gasteiger partial charge in [0.2, 0.25) is 5.91 Å². The first-order valence-electron chi connectivity index (χ1n) is 5.85. The molecule has 0 aliphatic carbocycles. The second kappa shape index (κ2) is 5.95. The quantitative estimate of drug-likeness (QED) is 0.707. The van der Waals surface area contributed by atoms with E-state index in [1.54, 1.807) is 12.4 Å². The van der Waals surface area contributed by atoms with Crippen LogP contribution in [0.1, 0.15) is 17.7 Å². The Hall–Kier alpha value is -2.18. The first-order chi connectivity index (χ1) is 8.75. The molecular weight excluding hydrogens is 232 g/mol. The first kappa shape index (κ1) is 12.3. The zero-order valence-electron chi connectivity index (χ0n) is 10.3. The third kappa shape index (κ3) is 3.41. The molecule has 18 heavy (non-hydrogen) atoms. The lowest BCUT2D eigenvalue weighted by Gasteiger charge is -2.04. The fraction of sp³-hybridized carbons (Fsp3) is 0.455. The van der Waals surface area contributed by atoms with Crippen LogP contribution in [0.25, 0.3) is 0 Å². The molecule has 0 spiro atoms. The molecule has 7 nitrogen and oxygen atoms in total. The number of hydrogen-bond donors (Lipinski definition) is 2. The number of nitrogens with one attached hydrogen (secondary N) is 2. The van der Waals surface area contributed by atoms with Gasteiger partial charge in [0.15, 0.2) is 0 Å². The van der Waals surface area contributed by atoms with Gasteiger partial charge in [-0.1, -0.05) is 5.21 Å². The number of nitrogens with zero attached hydrogens (tertiary/aromatic N) is 4. The fourth-order valence-corrected chi connectivity index (χ4v) is 1.65. The molecule has 1 amide bonds. The Labute approximate surface area is 105 Å². The lowest BCUT2D eigenvalue weighted by molar-refractivity contribution is -0.121. The highest BCUT2D eigenvalue weighted by Gasteiger charge is 2.03. The third-order valence-corrected chi connectivity index (χ3v) is 2.66. The van der Waals surface area contributed by atoms with Gasteiger partial charge in [-0.25, -0.2) is 4.68 Å². The molecule has 0 radical (unpaired) electrons. The van der Waals surface area contributed by atoms with Crippen molar-refractivity contribution >= 4 is 5.91 Å². The molecule has 0 atom stereocenters. The summed E-state index contributed by atoms with van der Waals surface area (Å²) in [7, 11) is 0. The molecule has 2 aromatic rings. The molecule has 0 unspecified atom stereocenters. The van der Waals surface area contributed by atoms with Crippen molar-refractivity contribution in [3.63, 3.8) is 0 Å². The van der Waals surface area contributed by atoms with Gasteiger partial charge in [0, 0.05) is 18.4 Å². The van der Waals surface area contributed by atoms with Gasteiger partial charge in [0.25, 0.3) is 0 Å². The Kier molecular flexibility index (Phi) is 4.06. The lowest BCUT2D eigenvalue weighted by atomic mass is 10.1. The molecule has 7 heteroatoms. The molecule has 2 aromatic heterocycles. The number of hydrogen-bond acceptors (Lipinski definition) is 4. The Morgan fingerprint density at radius 3 is 3.11 bits per heavy atom.